The maximum Gasteiger partial charge on any atom is 0.262 e. The number of allylic oxidation sites excluding steroid dienone is 5. The van der Waals surface area contributed by atoms with Crippen molar-refractivity contribution in [2.45, 2.75) is 126 Å². The van der Waals surface area contributed by atoms with Crippen LogP contribution in [0.15, 0.2) is 123 Å². The van der Waals surface area contributed by atoms with Crippen molar-refractivity contribution in [3.8, 4) is 0 Å². The molecular formula is C47H58N3OS3+. The molecule has 1 atom stereocenters. The third-order valence-corrected chi connectivity index (χ3v) is 14.3. The number of fused-ring (bicyclic) bond motifs is 3. The first-order chi connectivity index (χ1) is 26.5. The van der Waals surface area contributed by atoms with Crippen molar-refractivity contribution in [3.05, 3.63) is 118 Å². The Bertz CT molecular complexity index is 2030. The second kappa shape index (κ2) is 18.5. The van der Waals surface area contributed by atoms with Gasteiger partial charge in [-0.05, 0) is 92.2 Å². The molecule has 3 heterocycles. The highest BCUT2D eigenvalue weighted by Gasteiger charge is 2.44. The maximum absolute atomic E-state index is 7.53. The first-order valence-corrected chi connectivity index (χ1v) is 23.0. The molecule has 7 rings (SSSR count). The minimum atomic E-state index is -0.544. The van der Waals surface area contributed by atoms with Gasteiger partial charge in [-0.1, -0.05) is 130 Å². The molecule has 3 aliphatic rings. The lowest BCUT2D eigenvalue weighted by molar-refractivity contribution is -0.669. The smallest absolute Gasteiger partial charge is 0.262 e. The molecule has 1 aliphatic carbocycles. The fourth-order valence-corrected chi connectivity index (χ4v) is 11.3. The fourth-order valence-electron chi connectivity index (χ4n) is 7.90. The lowest BCUT2D eigenvalue weighted by Gasteiger charge is -2.39. The Kier molecular flexibility index (Phi) is 13.3. The Morgan fingerprint density at radius 1 is 0.741 bits per heavy atom. The molecule has 1 aromatic heterocycles. The number of aromatic nitrogens is 1. The zero-order chi connectivity index (χ0) is 37.3. The van der Waals surface area contributed by atoms with Gasteiger partial charge < -0.3 is 14.5 Å². The number of hydrogen-bond acceptors (Lipinski definition) is 6. The van der Waals surface area contributed by atoms with Gasteiger partial charge in [-0.15, -0.1) is 0 Å². The van der Waals surface area contributed by atoms with Crippen molar-refractivity contribution in [3.63, 3.8) is 0 Å². The Labute approximate surface area is 337 Å². The van der Waals surface area contributed by atoms with Crippen LogP contribution in [0.25, 0.3) is 16.3 Å². The van der Waals surface area contributed by atoms with E-state index in [-0.39, 0.29) is 0 Å². The van der Waals surface area contributed by atoms with Gasteiger partial charge in [0.1, 0.15) is 10.5 Å². The number of anilines is 2. The molecule has 54 heavy (non-hydrogen) atoms. The molecule has 0 radical (unpaired) electrons. The Morgan fingerprint density at radius 3 is 2.26 bits per heavy atom. The van der Waals surface area contributed by atoms with E-state index in [1.54, 1.807) is 0 Å². The topological polar surface area (TPSA) is 19.6 Å². The van der Waals surface area contributed by atoms with Crippen LogP contribution in [0.3, 0.4) is 0 Å². The number of benzene rings is 3. The van der Waals surface area contributed by atoms with E-state index >= 15 is 0 Å². The van der Waals surface area contributed by atoms with Gasteiger partial charge >= 0.3 is 0 Å². The number of unbranched alkanes of at least 4 members (excludes halogenated alkanes) is 6. The Morgan fingerprint density at radius 2 is 1.44 bits per heavy atom. The van der Waals surface area contributed by atoms with Gasteiger partial charge in [0.15, 0.2) is 6.54 Å². The second-order valence-corrected chi connectivity index (χ2v) is 18.4. The van der Waals surface area contributed by atoms with Crippen LogP contribution in [0.1, 0.15) is 110 Å². The summed E-state index contributed by atoms with van der Waals surface area (Å²) >= 11 is 5.68. The summed E-state index contributed by atoms with van der Waals surface area (Å²) in [5, 5.41) is 2.09. The predicted octanol–water partition coefficient (Wildman–Crippen LogP) is 13.9. The van der Waals surface area contributed by atoms with Gasteiger partial charge in [0.05, 0.1) is 16.4 Å². The summed E-state index contributed by atoms with van der Waals surface area (Å²) in [6.07, 6.45) is 23.6. The second-order valence-electron chi connectivity index (χ2n) is 14.9. The molecule has 1 unspecified atom stereocenters. The predicted molar refractivity (Wildman–Crippen MR) is 235 cm³/mol. The average Bonchev–Trinajstić information content (AvgIpc) is 3.82. The van der Waals surface area contributed by atoms with Crippen molar-refractivity contribution >= 4 is 62.5 Å². The van der Waals surface area contributed by atoms with E-state index in [2.05, 4.69) is 139 Å². The van der Waals surface area contributed by atoms with E-state index < -0.39 is 5.06 Å². The number of nitrogens with zero attached hydrogens (tertiary/aromatic N) is 3. The van der Waals surface area contributed by atoms with Crippen LogP contribution in [-0.4, -0.2) is 18.1 Å². The molecule has 2 aliphatic heterocycles. The zero-order valence-corrected chi connectivity index (χ0v) is 35.3. The molecule has 0 saturated heterocycles. The van der Waals surface area contributed by atoms with Crippen LogP contribution in [0.5, 0.6) is 0 Å². The summed E-state index contributed by atoms with van der Waals surface area (Å²) in [6.45, 7) is 12.2. The molecule has 0 N–H and O–H groups in total. The number of thiazole rings is 1. The largest absolute Gasteiger partial charge is 0.458 e. The van der Waals surface area contributed by atoms with Crippen molar-refractivity contribution < 1.29 is 9.30 Å². The summed E-state index contributed by atoms with van der Waals surface area (Å²) in [4.78, 5) is 7.73. The number of rotatable bonds is 17. The first kappa shape index (κ1) is 38.9. The third-order valence-electron chi connectivity index (χ3n) is 10.8. The summed E-state index contributed by atoms with van der Waals surface area (Å²) in [5.74, 6) is 1.06. The van der Waals surface area contributed by atoms with Gasteiger partial charge in [0, 0.05) is 48.4 Å². The zero-order valence-electron chi connectivity index (χ0n) is 32.8. The SMILES string of the molecule is CCCCCN1/C(=C/C=C2\CCCC(/C=C/c3sc4ccccc4[n+]3CCCCC)=C2OC2(C)Sc3ccccc3N2CCCCC)Sc2ccccc21. The molecule has 3 aromatic carbocycles. The standard InChI is InChI=1S/C47H58N3OS3/c1-5-8-17-33-48-38-23-11-14-26-41(38)52-44(48)31-29-36-21-20-22-37(30-32-45-49(34-18-9-6-2)39-24-12-15-27-42(39)53-45)46(36)51-47(4)50(35-19-10-7-3)40-25-13-16-28-43(40)54-47/h11-16,23-32H,5-10,17-22,33-35H2,1-4H3/q+1. The fraction of sp³-hybridized carbons (Fsp3) is 0.426. The average molecular weight is 777 g/mol. The quantitative estimate of drug-likeness (QED) is 0.0783. The monoisotopic (exact) mass is 776 g/mol. The molecular weight excluding hydrogens is 719 g/mol. The van der Waals surface area contributed by atoms with Crippen molar-refractivity contribution in [2.75, 3.05) is 22.9 Å². The Hall–Kier alpha value is -3.39. The molecule has 0 amide bonds. The van der Waals surface area contributed by atoms with E-state index in [0.717, 1.165) is 51.1 Å². The van der Waals surface area contributed by atoms with Gasteiger partial charge in [-0.3, -0.25) is 0 Å². The van der Waals surface area contributed by atoms with Crippen molar-refractivity contribution in [2.24, 2.45) is 0 Å². The molecule has 4 nitrogen and oxygen atoms in total. The lowest BCUT2D eigenvalue weighted by atomic mass is 9.92. The van der Waals surface area contributed by atoms with Gasteiger partial charge in [0.25, 0.3) is 5.01 Å². The molecule has 7 heteroatoms. The van der Waals surface area contributed by atoms with Crippen LogP contribution in [-0.2, 0) is 11.3 Å². The van der Waals surface area contributed by atoms with E-state index in [1.807, 2.05) is 34.9 Å². The van der Waals surface area contributed by atoms with Gasteiger partial charge in [-0.25, -0.2) is 0 Å². The molecule has 4 aromatic rings. The van der Waals surface area contributed by atoms with Gasteiger partial charge in [-0.2, -0.15) is 4.57 Å². The summed E-state index contributed by atoms with van der Waals surface area (Å²) in [5.41, 5.74) is 6.58. The molecule has 0 spiro atoms. The number of thioether (sulfide) groups is 2. The summed E-state index contributed by atoms with van der Waals surface area (Å²) in [7, 11) is 0. The highest BCUT2D eigenvalue weighted by atomic mass is 32.2. The number of para-hydroxylation sites is 3. The normalized spacial score (nSPS) is 19.9. The summed E-state index contributed by atoms with van der Waals surface area (Å²) < 4.78 is 11.4. The van der Waals surface area contributed by atoms with Crippen molar-refractivity contribution in [1.82, 2.24) is 0 Å². The van der Waals surface area contributed by atoms with Gasteiger partial charge in [0.2, 0.25) is 10.6 Å². The highest BCUT2D eigenvalue weighted by molar-refractivity contribution is 8.03. The van der Waals surface area contributed by atoms with E-state index in [9.17, 15) is 0 Å². The maximum atomic E-state index is 7.53. The van der Waals surface area contributed by atoms with E-state index in [1.165, 1.54) is 104 Å². The van der Waals surface area contributed by atoms with E-state index in [4.69, 9.17) is 4.74 Å². The van der Waals surface area contributed by atoms with Crippen molar-refractivity contribution in [1.29, 1.82) is 0 Å². The highest BCUT2D eigenvalue weighted by Crippen LogP contribution is 2.53. The van der Waals surface area contributed by atoms with Crippen LogP contribution in [0.2, 0.25) is 0 Å². The molecule has 0 bridgehead atoms. The first-order valence-electron chi connectivity index (χ1n) is 20.6. The lowest BCUT2D eigenvalue weighted by Crippen LogP contribution is -2.44. The molecule has 0 saturated carbocycles. The van der Waals surface area contributed by atoms with Crippen LogP contribution >= 0.6 is 34.9 Å². The number of aryl methyl sites for hydroxylation is 1. The minimum Gasteiger partial charge on any atom is -0.458 e. The minimum absolute atomic E-state index is 0.544. The number of hydrogen-bond donors (Lipinski definition) is 0. The van der Waals surface area contributed by atoms with Crippen LogP contribution in [0, 0.1) is 0 Å². The third kappa shape index (κ3) is 8.69. The number of ether oxygens (including phenoxy) is 1. The van der Waals surface area contributed by atoms with Crippen LogP contribution in [0.4, 0.5) is 11.4 Å². The summed E-state index contributed by atoms with van der Waals surface area (Å²) in [6, 6.07) is 26.7. The molecule has 284 valence electrons. The van der Waals surface area contributed by atoms with Crippen LogP contribution < -0.4 is 14.4 Å². The molecule has 0 fully saturated rings. The van der Waals surface area contributed by atoms with E-state index in [0.29, 0.717) is 0 Å². The Balaban J connectivity index is 1.28.